The fourth-order valence-electron chi connectivity index (χ4n) is 1.40. The van der Waals surface area contributed by atoms with E-state index in [1.807, 2.05) is 36.4 Å². The number of carbonyl (C=O) groups excluding carboxylic acids is 1. The minimum atomic E-state index is 0.0210. The summed E-state index contributed by atoms with van der Waals surface area (Å²) in [6.07, 6.45) is 1.41. The Hall–Kier alpha value is -1.73. The van der Waals surface area contributed by atoms with Gasteiger partial charge in [0.05, 0.1) is 16.9 Å². The summed E-state index contributed by atoms with van der Waals surface area (Å²) in [6.45, 7) is 0. The molecule has 0 bridgehead atoms. The summed E-state index contributed by atoms with van der Waals surface area (Å²) in [4.78, 5) is 13.2. The van der Waals surface area contributed by atoms with Crippen LogP contribution in [0.15, 0.2) is 41.4 Å². The highest BCUT2D eigenvalue weighted by molar-refractivity contribution is 8.04. The molecule has 1 aromatic carbocycles. The predicted octanol–water partition coefficient (Wildman–Crippen LogP) is 2.13. The molecular weight excluding hydrogens is 208 g/mol. The molecule has 0 atom stereocenters. The van der Waals surface area contributed by atoms with Crippen LogP contribution >= 0.6 is 11.8 Å². The lowest BCUT2D eigenvalue weighted by Gasteiger charge is -2.15. The Morgan fingerprint density at radius 1 is 1.40 bits per heavy atom. The zero-order valence-electron chi connectivity index (χ0n) is 7.88. The number of amides is 1. The molecule has 0 spiro atoms. The summed E-state index contributed by atoms with van der Waals surface area (Å²) in [5, 5.41) is 9.30. The van der Waals surface area contributed by atoms with Gasteiger partial charge in [0.2, 0.25) is 5.91 Å². The highest BCUT2D eigenvalue weighted by Gasteiger charge is 2.27. The molecule has 1 aliphatic rings. The van der Waals surface area contributed by atoms with Gasteiger partial charge >= 0.3 is 0 Å². The molecule has 1 amide bonds. The smallest absolute Gasteiger partial charge is 0.242 e. The quantitative estimate of drug-likeness (QED) is 0.675. The Labute approximate surface area is 92.0 Å². The van der Waals surface area contributed by atoms with Crippen LogP contribution < -0.4 is 4.90 Å². The molecule has 15 heavy (non-hydrogen) atoms. The van der Waals surface area contributed by atoms with E-state index in [0.29, 0.717) is 10.8 Å². The number of allylic oxidation sites excluding steroid dienone is 1. The normalized spacial score (nSPS) is 18.2. The maximum Gasteiger partial charge on any atom is 0.242 e. The van der Waals surface area contributed by atoms with Crippen LogP contribution in [0.4, 0.5) is 5.69 Å². The first-order valence-corrected chi connectivity index (χ1v) is 5.42. The zero-order chi connectivity index (χ0) is 10.7. The van der Waals surface area contributed by atoms with Gasteiger partial charge in [-0.3, -0.25) is 9.69 Å². The Kier molecular flexibility index (Phi) is 2.75. The minimum Gasteiger partial charge on any atom is -0.274 e. The van der Waals surface area contributed by atoms with Gasteiger partial charge in [-0.25, -0.2) is 0 Å². The third-order valence-electron chi connectivity index (χ3n) is 2.02. The number of hydrogen-bond donors (Lipinski definition) is 0. The van der Waals surface area contributed by atoms with Crippen LogP contribution in [0.3, 0.4) is 0 Å². The second kappa shape index (κ2) is 4.20. The molecule has 0 unspecified atom stereocenters. The molecule has 4 heteroatoms. The fraction of sp³-hybridized carbons (Fsp3) is 0.0909. The Morgan fingerprint density at radius 3 is 2.80 bits per heavy atom. The van der Waals surface area contributed by atoms with Crippen LogP contribution in [0.5, 0.6) is 0 Å². The van der Waals surface area contributed by atoms with E-state index in [0.717, 1.165) is 5.69 Å². The molecule has 2 rings (SSSR count). The first-order chi connectivity index (χ1) is 7.33. The van der Waals surface area contributed by atoms with E-state index < -0.39 is 0 Å². The van der Waals surface area contributed by atoms with Gasteiger partial charge in [-0.1, -0.05) is 30.0 Å². The van der Waals surface area contributed by atoms with Gasteiger partial charge in [-0.15, -0.1) is 0 Å². The first kappa shape index (κ1) is 9.81. The van der Waals surface area contributed by atoms with Crippen LogP contribution in [-0.2, 0) is 4.79 Å². The topological polar surface area (TPSA) is 44.1 Å². The lowest BCUT2D eigenvalue weighted by atomic mass is 10.3. The standard InChI is InChI=1S/C11H8N2OS/c12-7-6-11-13(10(14)8-15-11)9-4-2-1-3-5-9/h1-6H,8H2. The van der Waals surface area contributed by atoms with Crippen molar-refractivity contribution in [3.05, 3.63) is 41.4 Å². The van der Waals surface area contributed by atoms with Gasteiger partial charge in [0, 0.05) is 11.8 Å². The largest absolute Gasteiger partial charge is 0.274 e. The number of nitrogens with zero attached hydrogens (tertiary/aromatic N) is 2. The highest BCUT2D eigenvalue weighted by Crippen LogP contribution is 2.33. The van der Waals surface area contributed by atoms with Crippen LogP contribution in [0.1, 0.15) is 0 Å². The van der Waals surface area contributed by atoms with Crippen molar-refractivity contribution in [1.82, 2.24) is 0 Å². The monoisotopic (exact) mass is 216 g/mol. The van der Waals surface area contributed by atoms with Crippen LogP contribution in [0.2, 0.25) is 0 Å². The Morgan fingerprint density at radius 2 is 2.13 bits per heavy atom. The SMILES string of the molecule is N#CC=C1SCC(=O)N1c1ccccc1. The molecule has 0 saturated carbocycles. The van der Waals surface area contributed by atoms with Gasteiger partial charge in [-0.05, 0) is 12.1 Å². The maximum atomic E-state index is 11.6. The third kappa shape index (κ3) is 1.88. The van der Waals surface area contributed by atoms with E-state index in [2.05, 4.69) is 0 Å². The molecule has 1 fully saturated rings. The third-order valence-corrected chi connectivity index (χ3v) is 3.00. The Bertz CT molecular complexity index is 447. The number of hydrogen-bond acceptors (Lipinski definition) is 3. The molecule has 1 saturated heterocycles. The van der Waals surface area contributed by atoms with Crippen LogP contribution in [-0.4, -0.2) is 11.7 Å². The van der Waals surface area contributed by atoms with E-state index >= 15 is 0 Å². The molecule has 3 nitrogen and oxygen atoms in total. The second-order valence-electron chi connectivity index (χ2n) is 2.97. The Balaban J connectivity index is 2.39. The van der Waals surface area contributed by atoms with Crippen molar-refractivity contribution in [3.63, 3.8) is 0 Å². The summed E-state index contributed by atoms with van der Waals surface area (Å²) in [6, 6.07) is 11.3. The van der Waals surface area contributed by atoms with E-state index in [4.69, 9.17) is 5.26 Å². The summed E-state index contributed by atoms with van der Waals surface area (Å²) in [7, 11) is 0. The number of nitriles is 1. The van der Waals surface area contributed by atoms with Crippen molar-refractivity contribution < 1.29 is 4.79 Å². The van der Waals surface area contributed by atoms with E-state index in [9.17, 15) is 4.79 Å². The van der Waals surface area contributed by atoms with Crippen molar-refractivity contribution >= 4 is 23.4 Å². The average Bonchev–Trinajstić information content (AvgIpc) is 2.62. The molecule has 1 aromatic rings. The van der Waals surface area contributed by atoms with Crippen LogP contribution in [0, 0.1) is 11.3 Å². The van der Waals surface area contributed by atoms with E-state index in [1.165, 1.54) is 17.8 Å². The zero-order valence-corrected chi connectivity index (χ0v) is 8.70. The molecule has 0 aromatic heterocycles. The van der Waals surface area contributed by atoms with Crippen molar-refractivity contribution in [1.29, 1.82) is 5.26 Å². The van der Waals surface area contributed by atoms with Gasteiger partial charge in [-0.2, -0.15) is 5.26 Å². The van der Waals surface area contributed by atoms with E-state index in [1.54, 1.807) is 4.90 Å². The van der Waals surface area contributed by atoms with Crippen molar-refractivity contribution in [3.8, 4) is 6.07 Å². The van der Waals surface area contributed by atoms with Gasteiger partial charge < -0.3 is 0 Å². The summed E-state index contributed by atoms with van der Waals surface area (Å²) in [5.74, 6) is 0.426. The fourth-order valence-corrected chi connectivity index (χ4v) is 2.27. The van der Waals surface area contributed by atoms with Crippen molar-refractivity contribution in [2.75, 3.05) is 10.7 Å². The lowest BCUT2D eigenvalue weighted by Crippen LogP contribution is -2.23. The molecule has 0 N–H and O–H groups in total. The summed E-state index contributed by atoms with van der Waals surface area (Å²) in [5.41, 5.74) is 0.814. The predicted molar refractivity (Wildman–Crippen MR) is 60.1 cm³/mol. The number of carbonyl (C=O) groups is 1. The summed E-state index contributed by atoms with van der Waals surface area (Å²) >= 11 is 1.39. The first-order valence-electron chi connectivity index (χ1n) is 4.43. The van der Waals surface area contributed by atoms with Gasteiger partial charge in [0.15, 0.2) is 0 Å². The lowest BCUT2D eigenvalue weighted by molar-refractivity contribution is -0.115. The number of thioether (sulfide) groups is 1. The number of para-hydroxylation sites is 1. The second-order valence-corrected chi connectivity index (χ2v) is 3.96. The number of anilines is 1. The summed E-state index contributed by atoms with van der Waals surface area (Å²) < 4.78 is 0. The molecule has 0 aliphatic carbocycles. The minimum absolute atomic E-state index is 0.0210. The van der Waals surface area contributed by atoms with Crippen molar-refractivity contribution in [2.45, 2.75) is 0 Å². The number of rotatable bonds is 1. The number of benzene rings is 1. The molecular formula is C11H8N2OS. The van der Waals surface area contributed by atoms with E-state index in [-0.39, 0.29) is 5.91 Å². The molecule has 1 aliphatic heterocycles. The van der Waals surface area contributed by atoms with Crippen molar-refractivity contribution in [2.24, 2.45) is 0 Å². The average molecular weight is 216 g/mol. The van der Waals surface area contributed by atoms with Gasteiger partial charge in [0.25, 0.3) is 0 Å². The molecule has 0 radical (unpaired) electrons. The molecule has 74 valence electrons. The van der Waals surface area contributed by atoms with Gasteiger partial charge in [0.1, 0.15) is 0 Å². The maximum absolute atomic E-state index is 11.6. The van der Waals surface area contributed by atoms with Crippen LogP contribution in [0.25, 0.3) is 0 Å². The highest BCUT2D eigenvalue weighted by atomic mass is 32.2. The molecule has 1 heterocycles.